The minimum atomic E-state index is 0.188. The van der Waals surface area contributed by atoms with E-state index in [-0.39, 0.29) is 6.10 Å². The number of nitrogens with one attached hydrogen (secondary N) is 1. The molecule has 0 fully saturated rings. The summed E-state index contributed by atoms with van der Waals surface area (Å²) in [5.74, 6) is 0. The van der Waals surface area contributed by atoms with Crippen LogP contribution in [0, 0.1) is 0 Å². The molecule has 0 aliphatic heterocycles. The van der Waals surface area contributed by atoms with Gasteiger partial charge in [-0.15, -0.1) is 0 Å². The third-order valence-electron chi connectivity index (χ3n) is 1.88. The predicted octanol–water partition coefficient (Wildman–Crippen LogP) is 1.50. The van der Waals surface area contributed by atoms with Gasteiger partial charge in [-0.1, -0.05) is 0 Å². The maximum absolute atomic E-state index is 5.71. The summed E-state index contributed by atoms with van der Waals surface area (Å²) in [6.07, 6.45) is 3.53. The average Bonchev–Trinajstić information content (AvgIpc) is 2.17. The molecule has 4 heteroatoms. The van der Waals surface area contributed by atoms with Crippen LogP contribution in [-0.4, -0.2) is 24.2 Å². The maximum Gasteiger partial charge on any atom is 0.0736 e. The van der Waals surface area contributed by atoms with Gasteiger partial charge in [-0.2, -0.15) is 0 Å². The number of pyridine rings is 1. The largest absolute Gasteiger partial charge is 0.396 e. The highest BCUT2D eigenvalue weighted by molar-refractivity contribution is 5.64. The van der Waals surface area contributed by atoms with Gasteiger partial charge in [-0.3, -0.25) is 4.98 Å². The van der Waals surface area contributed by atoms with Crippen LogP contribution in [0.1, 0.15) is 13.8 Å². The van der Waals surface area contributed by atoms with Gasteiger partial charge in [-0.25, -0.2) is 0 Å². The first kappa shape index (κ1) is 10.8. The molecule has 4 nitrogen and oxygen atoms in total. The van der Waals surface area contributed by atoms with Crippen LogP contribution in [0.4, 0.5) is 11.4 Å². The van der Waals surface area contributed by atoms with Crippen molar-refractivity contribution in [1.82, 2.24) is 4.98 Å². The first-order chi connectivity index (χ1) is 6.74. The van der Waals surface area contributed by atoms with E-state index in [1.54, 1.807) is 12.4 Å². The fourth-order valence-corrected chi connectivity index (χ4v) is 1.16. The summed E-state index contributed by atoms with van der Waals surface area (Å²) in [7, 11) is 0. The number of nitrogens with zero attached hydrogens (tertiary/aromatic N) is 1. The van der Waals surface area contributed by atoms with Crippen LogP contribution in [0.3, 0.4) is 0 Å². The number of nitrogens with two attached hydrogens (primary N) is 1. The summed E-state index contributed by atoms with van der Waals surface area (Å²) >= 11 is 0. The molecule has 14 heavy (non-hydrogen) atoms. The second-order valence-electron chi connectivity index (χ2n) is 3.11. The molecule has 0 saturated carbocycles. The SMILES string of the molecule is CCOC(C)CNc1ccncc1N. The highest BCUT2D eigenvalue weighted by atomic mass is 16.5. The zero-order chi connectivity index (χ0) is 10.4. The molecule has 3 N–H and O–H groups in total. The van der Waals surface area contributed by atoms with Crippen molar-refractivity contribution in [1.29, 1.82) is 0 Å². The van der Waals surface area contributed by atoms with Gasteiger partial charge < -0.3 is 15.8 Å². The van der Waals surface area contributed by atoms with Gasteiger partial charge >= 0.3 is 0 Å². The highest BCUT2D eigenvalue weighted by Crippen LogP contribution is 2.14. The van der Waals surface area contributed by atoms with Gasteiger partial charge in [0.2, 0.25) is 0 Å². The lowest BCUT2D eigenvalue weighted by Gasteiger charge is -2.14. The van der Waals surface area contributed by atoms with Crippen molar-refractivity contribution >= 4 is 11.4 Å². The molecule has 1 atom stereocenters. The van der Waals surface area contributed by atoms with Crippen molar-refractivity contribution in [2.45, 2.75) is 20.0 Å². The van der Waals surface area contributed by atoms with Crippen LogP contribution in [0.5, 0.6) is 0 Å². The molecule has 1 unspecified atom stereocenters. The number of hydrogen-bond donors (Lipinski definition) is 2. The molecule has 1 aromatic heterocycles. The Morgan fingerprint density at radius 1 is 1.64 bits per heavy atom. The Morgan fingerprint density at radius 2 is 2.43 bits per heavy atom. The Balaban J connectivity index is 2.41. The predicted molar refractivity (Wildman–Crippen MR) is 58.2 cm³/mol. The number of nitrogen functional groups attached to an aromatic ring is 1. The Bertz CT molecular complexity index is 278. The molecule has 0 bridgehead atoms. The van der Waals surface area contributed by atoms with Crippen molar-refractivity contribution in [3.8, 4) is 0 Å². The summed E-state index contributed by atoms with van der Waals surface area (Å²) in [5, 5.41) is 3.21. The van der Waals surface area contributed by atoms with Crippen LogP contribution >= 0.6 is 0 Å². The summed E-state index contributed by atoms with van der Waals surface area (Å²) in [4.78, 5) is 3.91. The van der Waals surface area contributed by atoms with E-state index in [0.29, 0.717) is 5.69 Å². The van der Waals surface area contributed by atoms with E-state index < -0.39 is 0 Å². The van der Waals surface area contributed by atoms with E-state index in [9.17, 15) is 0 Å². The molecule has 78 valence electrons. The molecule has 0 amide bonds. The smallest absolute Gasteiger partial charge is 0.0736 e. The molecule has 1 rings (SSSR count). The molecular weight excluding hydrogens is 178 g/mol. The highest BCUT2D eigenvalue weighted by Gasteiger charge is 2.02. The summed E-state index contributed by atoms with van der Waals surface area (Å²) < 4.78 is 5.38. The molecule has 0 aliphatic rings. The summed E-state index contributed by atoms with van der Waals surface area (Å²) in [6, 6.07) is 1.86. The summed E-state index contributed by atoms with van der Waals surface area (Å²) in [6.45, 7) is 5.49. The van der Waals surface area contributed by atoms with Crippen LogP contribution in [-0.2, 0) is 4.74 Å². The summed E-state index contributed by atoms with van der Waals surface area (Å²) in [5.41, 5.74) is 7.29. The van der Waals surface area contributed by atoms with E-state index in [1.807, 2.05) is 19.9 Å². The van der Waals surface area contributed by atoms with Crippen LogP contribution in [0.25, 0.3) is 0 Å². The molecule has 1 heterocycles. The van der Waals surface area contributed by atoms with Gasteiger partial charge in [0.1, 0.15) is 0 Å². The average molecular weight is 195 g/mol. The van der Waals surface area contributed by atoms with Gasteiger partial charge in [0.05, 0.1) is 23.7 Å². The molecular formula is C10H17N3O. The van der Waals surface area contributed by atoms with Gasteiger partial charge in [-0.05, 0) is 19.9 Å². The van der Waals surface area contributed by atoms with Crippen LogP contribution < -0.4 is 11.1 Å². The van der Waals surface area contributed by atoms with E-state index >= 15 is 0 Å². The normalized spacial score (nSPS) is 12.4. The number of anilines is 2. The monoisotopic (exact) mass is 195 g/mol. The first-order valence-electron chi connectivity index (χ1n) is 4.79. The minimum absolute atomic E-state index is 0.188. The molecule has 0 radical (unpaired) electrons. The third-order valence-corrected chi connectivity index (χ3v) is 1.88. The minimum Gasteiger partial charge on any atom is -0.396 e. The standard InChI is InChI=1S/C10H17N3O/c1-3-14-8(2)6-13-10-4-5-12-7-9(10)11/h4-5,7-8H,3,6,11H2,1-2H3,(H,12,13). The van der Waals surface area contributed by atoms with Crippen molar-refractivity contribution < 1.29 is 4.74 Å². The first-order valence-corrected chi connectivity index (χ1v) is 4.79. The van der Waals surface area contributed by atoms with E-state index in [2.05, 4.69) is 10.3 Å². The molecule has 1 aromatic rings. The van der Waals surface area contributed by atoms with E-state index in [1.165, 1.54) is 0 Å². The quantitative estimate of drug-likeness (QED) is 0.747. The second-order valence-corrected chi connectivity index (χ2v) is 3.11. The maximum atomic E-state index is 5.71. The Kier molecular flexibility index (Phi) is 4.19. The molecule has 0 saturated heterocycles. The lowest BCUT2D eigenvalue weighted by atomic mass is 10.3. The molecule has 0 aromatic carbocycles. The second kappa shape index (κ2) is 5.44. The Labute approximate surface area is 84.5 Å². The Hall–Kier alpha value is -1.29. The van der Waals surface area contributed by atoms with Gasteiger partial charge in [0.25, 0.3) is 0 Å². The van der Waals surface area contributed by atoms with Crippen molar-refractivity contribution in [3.63, 3.8) is 0 Å². The molecule has 0 spiro atoms. The number of hydrogen-bond acceptors (Lipinski definition) is 4. The van der Waals surface area contributed by atoms with Crippen LogP contribution in [0.15, 0.2) is 18.5 Å². The fourth-order valence-electron chi connectivity index (χ4n) is 1.16. The third kappa shape index (κ3) is 3.22. The van der Waals surface area contributed by atoms with Crippen molar-refractivity contribution in [2.24, 2.45) is 0 Å². The van der Waals surface area contributed by atoms with Gasteiger partial charge in [0.15, 0.2) is 0 Å². The van der Waals surface area contributed by atoms with Crippen molar-refractivity contribution in [3.05, 3.63) is 18.5 Å². The van der Waals surface area contributed by atoms with Gasteiger partial charge in [0, 0.05) is 19.3 Å². The zero-order valence-electron chi connectivity index (χ0n) is 8.66. The molecule has 0 aliphatic carbocycles. The van der Waals surface area contributed by atoms with Crippen LogP contribution in [0.2, 0.25) is 0 Å². The number of ether oxygens (including phenoxy) is 1. The van der Waals surface area contributed by atoms with E-state index in [0.717, 1.165) is 18.8 Å². The number of rotatable bonds is 5. The Morgan fingerprint density at radius 3 is 3.07 bits per heavy atom. The lowest BCUT2D eigenvalue weighted by molar-refractivity contribution is 0.0855. The number of aromatic nitrogens is 1. The topological polar surface area (TPSA) is 60.2 Å². The lowest BCUT2D eigenvalue weighted by Crippen LogP contribution is -2.20. The fraction of sp³-hybridized carbons (Fsp3) is 0.500. The van der Waals surface area contributed by atoms with E-state index in [4.69, 9.17) is 10.5 Å². The van der Waals surface area contributed by atoms with Crippen molar-refractivity contribution in [2.75, 3.05) is 24.2 Å². The zero-order valence-corrected chi connectivity index (χ0v) is 8.66.